The minimum absolute atomic E-state index is 0.105. The van der Waals surface area contributed by atoms with Gasteiger partial charge in [0.05, 0.1) is 11.0 Å². The Labute approximate surface area is 189 Å². The molecule has 0 saturated carbocycles. The lowest BCUT2D eigenvalue weighted by Gasteiger charge is -2.08. The summed E-state index contributed by atoms with van der Waals surface area (Å²) in [5.41, 5.74) is 0.911. The molecule has 1 amide bonds. The number of anilines is 1. The first kappa shape index (κ1) is 21.0. The first-order chi connectivity index (χ1) is 15.0. The van der Waals surface area contributed by atoms with Crippen molar-refractivity contribution in [2.75, 3.05) is 5.32 Å². The number of rotatable bonds is 7. The molecule has 4 rings (SSSR count). The van der Waals surface area contributed by atoms with Crippen LogP contribution < -0.4 is 10.1 Å². The molecule has 4 aromatic rings. The Balaban J connectivity index is 1.34. The number of halogens is 3. The van der Waals surface area contributed by atoms with E-state index in [1.54, 1.807) is 42.6 Å². The van der Waals surface area contributed by atoms with Gasteiger partial charge in [-0.1, -0.05) is 23.7 Å². The third kappa shape index (κ3) is 5.47. The van der Waals surface area contributed by atoms with Crippen molar-refractivity contribution in [2.24, 2.45) is 0 Å². The van der Waals surface area contributed by atoms with E-state index in [1.165, 1.54) is 27.8 Å². The average molecular weight is 506 g/mol. The van der Waals surface area contributed by atoms with E-state index < -0.39 is 5.91 Å². The molecule has 0 aliphatic carbocycles. The molecule has 0 radical (unpaired) electrons. The van der Waals surface area contributed by atoms with Crippen LogP contribution in [0.15, 0.2) is 65.5 Å². The third-order valence-electron chi connectivity index (χ3n) is 4.11. The Kier molecular flexibility index (Phi) is 6.28. The van der Waals surface area contributed by atoms with E-state index in [9.17, 15) is 9.18 Å². The van der Waals surface area contributed by atoms with E-state index in [1.807, 2.05) is 0 Å². The first-order valence-corrected chi connectivity index (χ1v) is 10.2. The topological polar surface area (TPSA) is 86.9 Å². The lowest BCUT2D eigenvalue weighted by atomic mass is 10.2. The molecule has 0 bridgehead atoms. The van der Waals surface area contributed by atoms with E-state index >= 15 is 0 Å². The van der Waals surface area contributed by atoms with Crippen molar-refractivity contribution < 1.29 is 13.9 Å². The summed E-state index contributed by atoms with van der Waals surface area (Å²) in [6.07, 6.45) is 3.08. The molecule has 0 fully saturated rings. The van der Waals surface area contributed by atoms with Crippen LogP contribution in [-0.4, -0.2) is 30.5 Å². The maximum absolute atomic E-state index is 13.3. The zero-order chi connectivity index (χ0) is 21.8. The number of benzene rings is 2. The highest BCUT2D eigenvalue weighted by molar-refractivity contribution is 9.10. The van der Waals surface area contributed by atoms with Crippen LogP contribution in [0.4, 0.5) is 10.3 Å². The van der Waals surface area contributed by atoms with Crippen molar-refractivity contribution in [3.05, 3.63) is 87.6 Å². The number of aromatic nitrogens is 5. The maximum Gasteiger partial charge on any atom is 0.278 e. The molecule has 1 N–H and O–H groups in total. The molecule has 0 atom stereocenters. The molecule has 0 saturated heterocycles. The Morgan fingerprint density at radius 1 is 1.16 bits per heavy atom. The quantitative estimate of drug-likeness (QED) is 0.403. The predicted molar refractivity (Wildman–Crippen MR) is 115 cm³/mol. The standard InChI is InChI=1S/C20H15BrClFN6O2/c21-16-9-14(22)4-5-18(16)31-12-28-7-6-17(26-28)19(30)25-20-24-11-29(27-20)10-13-2-1-3-15(23)8-13/h1-9,11H,10,12H2,(H,25,27,30). The highest BCUT2D eigenvalue weighted by atomic mass is 79.9. The van der Waals surface area contributed by atoms with Crippen molar-refractivity contribution in [3.63, 3.8) is 0 Å². The summed E-state index contributed by atoms with van der Waals surface area (Å²) in [6.45, 7) is 0.431. The number of carbonyl (C=O) groups is 1. The SMILES string of the molecule is O=C(Nc1ncn(Cc2cccc(F)c2)n1)c1ccn(COc2ccc(Cl)cc2Br)n1. The Morgan fingerprint density at radius 3 is 2.84 bits per heavy atom. The van der Waals surface area contributed by atoms with Crippen molar-refractivity contribution in [3.8, 4) is 5.75 Å². The van der Waals surface area contributed by atoms with Gasteiger partial charge in [-0.25, -0.2) is 18.7 Å². The molecule has 0 aliphatic heterocycles. The molecule has 0 unspecified atom stereocenters. The number of ether oxygens (including phenoxy) is 1. The highest BCUT2D eigenvalue weighted by Gasteiger charge is 2.13. The molecule has 0 spiro atoms. The van der Waals surface area contributed by atoms with Crippen molar-refractivity contribution in [1.29, 1.82) is 0 Å². The molecule has 0 aliphatic rings. The van der Waals surface area contributed by atoms with E-state index in [-0.39, 0.29) is 24.2 Å². The third-order valence-corrected chi connectivity index (χ3v) is 4.97. The summed E-state index contributed by atoms with van der Waals surface area (Å²) < 4.78 is 22.7. The van der Waals surface area contributed by atoms with Crippen LogP contribution in [0.25, 0.3) is 0 Å². The number of nitrogens with one attached hydrogen (secondary N) is 1. The molecular formula is C20H15BrClFN6O2. The average Bonchev–Trinajstić information content (AvgIpc) is 3.37. The van der Waals surface area contributed by atoms with Crippen LogP contribution in [0, 0.1) is 5.82 Å². The van der Waals surface area contributed by atoms with E-state index in [4.69, 9.17) is 16.3 Å². The molecule has 2 heterocycles. The van der Waals surface area contributed by atoms with Gasteiger partial charge in [-0.2, -0.15) is 5.10 Å². The van der Waals surface area contributed by atoms with Crippen LogP contribution in [0.3, 0.4) is 0 Å². The molecule has 8 nitrogen and oxygen atoms in total. The van der Waals surface area contributed by atoms with Crippen molar-refractivity contribution in [1.82, 2.24) is 24.5 Å². The van der Waals surface area contributed by atoms with Gasteiger partial charge in [0.15, 0.2) is 12.4 Å². The summed E-state index contributed by atoms with van der Waals surface area (Å²) in [7, 11) is 0. The molecule has 2 aromatic carbocycles. The van der Waals surface area contributed by atoms with E-state index in [0.717, 1.165) is 5.56 Å². The zero-order valence-corrected chi connectivity index (χ0v) is 18.2. The largest absolute Gasteiger partial charge is 0.470 e. The zero-order valence-electron chi connectivity index (χ0n) is 15.9. The van der Waals surface area contributed by atoms with Crippen LogP contribution in [0.5, 0.6) is 5.75 Å². The van der Waals surface area contributed by atoms with Gasteiger partial charge in [0, 0.05) is 11.2 Å². The normalized spacial score (nSPS) is 10.8. The monoisotopic (exact) mass is 504 g/mol. The summed E-state index contributed by atoms with van der Waals surface area (Å²) in [6, 6.07) is 12.9. The van der Waals surface area contributed by atoms with Gasteiger partial charge >= 0.3 is 0 Å². The van der Waals surface area contributed by atoms with Gasteiger partial charge in [0.1, 0.15) is 17.9 Å². The van der Waals surface area contributed by atoms with Gasteiger partial charge < -0.3 is 4.74 Å². The van der Waals surface area contributed by atoms with Gasteiger partial charge in [-0.3, -0.25) is 10.1 Å². The van der Waals surface area contributed by atoms with Crippen LogP contribution in [0.1, 0.15) is 16.1 Å². The molecule has 2 aromatic heterocycles. The maximum atomic E-state index is 13.3. The Hall–Kier alpha value is -3.24. The summed E-state index contributed by atoms with van der Waals surface area (Å²) >= 11 is 9.29. The second-order valence-electron chi connectivity index (χ2n) is 6.44. The summed E-state index contributed by atoms with van der Waals surface area (Å²) in [5, 5.41) is 11.5. The Morgan fingerprint density at radius 2 is 2.03 bits per heavy atom. The van der Waals surface area contributed by atoms with Gasteiger partial charge in [0.25, 0.3) is 5.91 Å². The number of amides is 1. The van der Waals surface area contributed by atoms with Crippen molar-refractivity contribution >= 4 is 39.4 Å². The van der Waals surface area contributed by atoms with E-state index in [0.29, 0.717) is 21.8 Å². The van der Waals surface area contributed by atoms with Gasteiger partial charge in [-0.05, 0) is 57.9 Å². The van der Waals surface area contributed by atoms with E-state index in [2.05, 4.69) is 36.4 Å². The summed E-state index contributed by atoms with van der Waals surface area (Å²) in [5.74, 6) is -0.0692. The lowest BCUT2D eigenvalue weighted by molar-refractivity contribution is 0.101. The molecular weight excluding hydrogens is 491 g/mol. The predicted octanol–water partition coefficient (Wildman–Crippen LogP) is 4.37. The minimum Gasteiger partial charge on any atom is -0.470 e. The smallest absolute Gasteiger partial charge is 0.278 e. The minimum atomic E-state index is -0.463. The first-order valence-electron chi connectivity index (χ1n) is 9.03. The Bertz CT molecular complexity index is 1230. The van der Waals surface area contributed by atoms with Crippen LogP contribution >= 0.6 is 27.5 Å². The van der Waals surface area contributed by atoms with Crippen LogP contribution in [0.2, 0.25) is 5.02 Å². The molecule has 11 heteroatoms. The molecule has 31 heavy (non-hydrogen) atoms. The fourth-order valence-electron chi connectivity index (χ4n) is 2.70. The molecule has 158 valence electrons. The second kappa shape index (κ2) is 9.27. The number of nitrogens with zero attached hydrogens (tertiary/aromatic N) is 5. The van der Waals surface area contributed by atoms with Gasteiger partial charge in [0.2, 0.25) is 5.95 Å². The summed E-state index contributed by atoms with van der Waals surface area (Å²) in [4.78, 5) is 16.5. The second-order valence-corrected chi connectivity index (χ2v) is 7.73. The fourth-order valence-corrected chi connectivity index (χ4v) is 3.50. The fraction of sp³-hybridized carbons (Fsp3) is 0.100. The van der Waals surface area contributed by atoms with Crippen LogP contribution in [-0.2, 0) is 13.3 Å². The number of hydrogen-bond donors (Lipinski definition) is 1. The highest BCUT2D eigenvalue weighted by Crippen LogP contribution is 2.28. The van der Waals surface area contributed by atoms with Gasteiger partial charge in [-0.15, -0.1) is 5.10 Å². The number of carbonyl (C=O) groups excluding carboxylic acids is 1. The number of hydrogen-bond acceptors (Lipinski definition) is 5. The van der Waals surface area contributed by atoms with Crippen molar-refractivity contribution in [2.45, 2.75) is 13.3 Å². The lowest BCUT2D eigenvalue weighted by Crippen LogP contribution is -2.15.